The fourth-order valence-electron chi connectivity index (χ4n) is 1.30. The highest BCUT2D eigenvalue weighted by atomic mass is 79.9. The lowest BCUT2D eigenvalue weighted by atomic mass is 10.3. The third-order valence-electron chi connectivity index (χ3n) is 2.20. The molecule has 0 atom stereocenters. The molecule has 0 aliphatic heterocycles. The first kappa shape index (κ1) is 13.4. The van der Waals surface area contributed by atoms with E-state index in [1.165, 1.54) is 0 Å². The average Bonchev–Trinajstić information content (AvgIpc) is 2.58. The Hall–Kier alpha value is -0.650. The fraction of sp³-hybridized carbons (Fsp3) is 0.545. The van der Waals surface area contributed by atoms with Crippen LogP contribution in [0.3, 0.4) is 0 Å². The summed E-state index contributed by atoms with van der Waals surface area (Å²) in [6.45, 7) is 2.55. The molecule has 0 aliphatic rings. The normalized spacial score (nSPS) is 11.8. The van der Waals surface area contributed by atoms with Gasteiger partial charge in [0.1, 0.15) is 0 Å². The predicted molar refractivity (Wildman–Crippen MR) is 71.2 cm³/mol. The van der Waals surface area contributed by atoms with Crippen LogP contribution >= 0.6 is 15.9 Å². The van der Waals surface area contributed by atoms with Crippen LogP contribution in [0.4, 0.5) is 0 Å². The molecule has 16 heavy (non-hydrogen) atoms. The Kier molecular flexibility index (Phi) is 5.73. The van der Waals surface area contributed by atoms with Crippen LogP contribution in [0.15, 0.2) is 16.7 Å². The molecule has 0 fully saturated rings. The largest absolute Gasteiger partial charge is 0.330 e. The number of nitrogens with two attached hydrogens (primary N) is 1. The van der Waals surface area contributed by atoms with E-state index in [0.29, 0.717) is 6.54 Å². The van der Waals surface area contributed by atoms with Gasteiger partial charge in [0, 0.05) is 6.54 Å². The molecule has 1 rings (SSSR count). The van der Waals surface area contributed by atoms with Gasteiger partial charge in [-0.25, -0.2) is 0 Å². The molecule has 1 aromatic heterocycles. The number of rotatable bonds is 6. The Bertz CT molecular complexity index is 344. The molecule has 0 aromatic carbocycles. The van der Waals surface area contributed by atoms with Crippen molar-refractivity contribution in [1.29, 1.82) is 0 Å². The summed E-state index contributed by atoms with van der Waals surface area (Å²) in [6, 6.07) is 0. The summed E-state index contributed by atoms with van der Waals surface area (Å²) in [5.41, 5.74) is 6.56. The quantitative estimate of drug-likeness (QED) is 0.864. The highest BCUT2D eigenvalue weighted by molar-refractivity contribution is 9.10. The van der Waals surface area contributed by atoms with Crippen LogP contribution in [-0.2, 0) is 6.54 Å². The van der Waals surface area contributed by atoms with E-state index in [4.69, 9.17) is 5.73 Å². The summed E-state index contributed by atoms with van der Waals surface area (Å²) in [4.78, 5) is 2.14. The van der Waals surface area contributed by atoms with E-state index < -0.39 is 0 Å². The van der Waals surface area contributed by atoms with Crippen LogP contribution in [0.1, 0.15) is 12.1 Å². The first-order valence-electron chi connectivity index (χ1n) is 5.37. The summed E-state index contributed by atoms with van der Waals surface area (Å²) in [6.07, 6.45) is 6.87. The van der Waals surface area contributed by atoms with Crippen molar-refractivity contribution in [2.75, 3.05) is 27.2 Å². The fourth-order valence-corrected chi connectivity index (χ4v) is 1.73. The summed E-state index contributed by atoms with van der Waals surface area (Å²) < 4.78 is 3.02. The van der Waals surface area contributed by atoms with E-state index in [0.717, 1.165) is 29.7 Å². The maximum atomic E-state index is 5.45. The number of halogens is 1. The second kappa shape index (κ2) is 6.83. The first-order chi connectivity index (χ1) is 7.65. The molecule has 0 bridgehead atoms. The number of nitrogens with zero attached hydrogens (tertiary/aromatic N) is 3. The summed E-state index contributed by atoms with van der Waals surface area (Å²) in [5, 5.41) is 4.33. The molecule has 0 amide bonds. The first-order valence-corrected chi connectivity index (χ1v) is 6.17. The Labute approximate surface area is 105 Å². The number of hydrogen-bond acceptors (Lipinski definition) is 3. The molecule has 1 heterocycles. The molecule has 0 saturated carbocycles. The minimum Gasteiger partial charge on any atom is -0.330 e. The molecule has 2 N–H and O–H groups in total. The van der Waals surface area contributed by atoms with Crippen LogP contribution in [0.5, 0.6) is 0 Å². The molecule has 4 nitrogen and oxygen atoms in total. The van der Waals surface area contributed by atoms with Crippen LogP contribution in [0.2, 0.25) is 0 Å². The number of hydrogen-bond donors (Lipinski definition) is 1. The van der Waals surface area contributed by atoms with Crippen LogP contribution in [-0.4, -0.2) is 41.9 Å². The predicted octanol–water partition coefficient (Wildman–Crippen LogP) is 1.57. The lowest BCUT2D eigenvalue weighted by Gasteiger charge is -2.10. The van der Waals surface area contributed by atoms with Gasteiger partial charge in [-0.2, -0.15) is 5.10 Å². The van der Waals surface area contributed by atoms with E-state index in [1.54, 1.807) is 0 Å². The summed E-state index contributed by atoms with van der Waals surface area (Å²) in [5.74, 6) is 0. The van der Waals surface area contributed by atoms with Crippen LogP contribution < -0.4 is 5.73 Å². The zero-order valence-corrected chi connectivity index (χ0v) is 11.4. The highest BCUT2D eigenvalue weighted by Gasteiger charge is 2.05. The van der Waals surface area contributed by atoms with Crippen molar-refractivity contribution in [3.8, 4) is 0 Å². The van der Waals surface area contributed by atoms with Crippen LogP contribution in [0, 0.1) is 0 Å². The van der Waals surface area contributed by atoms with Gasteiger partial charge in [-0.05, 0) is 49.1 Å². The molecular formula is C11H19BrN4. The number of aromatic nitrogens is 2. The third kappa shape index (κ3) is 4.08. The van der Waals surface area contributed by atoms with Crippen molar-refractivity contribution in [3.05, 3.63) is 22.4 Å². The van der Waals surface area contributed by atoms with Gasteiger partial charge in [0.2, 0.25) is 0 Å². The van der Waals surface area contributed by atoms with Crippen LogP contribution in [0.25, 0.3) is 6.08 Å². The summed E-state index contributed by atoms with van der Waals surface area (Å²) in [7, 11) is 4.12. The third-order valence-corrected chi connectivity index (χ3v) is 2.81. The van der Waals surface area contributed by atoms with Gasteiger partial charge in [-0.1, -0.05) is 6.08 Å². The minimum atomic E-state index is 0.681. The molecule has 5 heteroatoms. The smallest absolute Gasteiger partial charge is 0.0749 e. The monoisotopic (exact) mass is 286 g/mol. The molecule has 0 radical (unpaired) electrons. The van der Waals surface area contributed by atoms with Gasteiger partial charge < -0.3 is 10.6 Å². The SMILES string of the molecule is CN(C)CCn1ncc(Br)c1/C=C/CCN. The Morgan fingerprint density at radius 3 is 2.94 bits per heavy atom. The van der Waals surface area contributed by atoms with Crippen molar-refractivity contribution < 1.29 is 0 Å². The lowest BCUT2D eigenvalue weighted by molar-refractivity contribution is 0.372. The Morgan fingerprint density at radius 1 is 1.56 bits per heavy atom. The van der Waals surface area contributed by atoms with E-state index in [2.05, 4.69) is 52.2 Å². The molecule has 0 unspecified atom stereocenters. The second-order valence-corrected chi connectivity index (χ2v) is 4.74. The van der Waals surface area contributed by atoms with Gasteiger partial charge in [-0.3, -0.25) is 4.68 Å². The van der Waals surface area contributed by atoms with Crippen molar-refractivity contribution in [1.82, 2.24) is 14.7 Å². The minimum absolute atomic E-state index is 0.681. The van der Waals surface area contributed by atoms with Crippen molar-refractivity contribution >= 4 is 22.0 Å². The van der Waals surface area contributed by atoms with Gasteiger partial charge in [0.25, 0.3) is 0 Å². The molecule has 0 saturated heterocycles. The molecule has 0 aliphatic carbocycles. The van der Waals surface area contributed by atoms with Gasteiger partial charge in [0.05, 0.1) is 22.9 Å². The molecule has 0 spiro atoms. The van der Waals surface area contributed by atoms with Gasteiger partial charge in [-0.15, -0.1) is 0 Å². The topological polar surface area (TPSA) is 47.1 Å². The Balaban J connectivity index is 2.69. The van der Waals surface area contributed by atoms with Gasteiger partial charge >= 0.3 is 0 Å². The number of likely N-dealkylation sites (N-methyl/N-ethyl adjacent to an activating group) is 1. The molecule has 90 valence electrons. The standard InChI is InChI=1S/C11H19BrN4/c1-15(2)7-8-16-11(5-3-4-6-13)10(12)9-14-16/h3,5,9H,4,6-8,13H2,1-2H3/b5-3+. The van der Waals surface area contributed by atoms with E-state index >= 15 is 0 Å². The van der Waals surface area contributed by atoms with Crippen molar-refractivity contribution in [3.63, 3.8) is 0 Å². The average molecular weight is 287 g/mol. The maximum absolute atomic E-state index is 5.45. The van der Waals surface area contributed by atoms with Crippen molar-refractivity contribution in [2.24, 2.45) is 5.73 Å². The summed E-state index contributed by atoms with van der Waals surface area (Å²) >= 11 is 3.50. The van der Waals surface area contributed by atoms with E-state index in [9.17, 15) is 0 Å². The van der Waals surface area contributed by atoms with Crippen molar-refractivity contribution in [2.45, 2.75) is 13.0 Å². The van der Waals surface area contributed by atoms with E-state index in [-0.39, 0.29) is 0 Å². The second-order valence-electron chi connectivity index (χ2n) is 3.88. The zero-order chi connectivity index (χ0) is 12.0. The molecule has 1 aromatic rings. The Morgan fingerprint density at radius 2 is 2.31 bits per heavy atom. The molecular weight excluding hydrogens is 268 g/mol. The lowest BCUT2D eigenvalue weighted by Crippen LogP contribution is -2.19. The zero-order valence-electron chi connectivity index (χ0n) is 9.86. The van der Waals surface area contributed by atoms with E-state index in [1.807, 2.05) is 10.9 Å². The van der Waals surface area contributed by atoms with Gasteiger partial charge in [0.15, 0.2) is 0 Å². The highest BCUT2D eigenvalue weighted by Crippen LogP contribution is 2.17. The maximum Gasteiger partial charge on any atom is 0.0749 e.